The number of H-pyrrole nitrogens is 1. The lowest BCUT2D eigenvalue weighted by Gasteiger charge is -2.23. The molecule has 0 amide bonds. The summed E-state index contributed by atoms with van der Waals surface area (Å²) < 4.78 is 0. The van der Waals surface area contributed by atoms with Crippen LogP contribution in [0.1, 0.15) is 32.5 Å². The van der Waals surface area contributed by atoms with Gasteiger partial charge in [-0.2, -0.15) is 10.5 Å². The Hall–Kier alpha value is -1.48. The molecular formula is C9H16N6. The van der Waals surface area contributed by atoms with Gasteiger partial charge in [0.25, 0.3) is 0 Å². The van der Waals surface area contributed by atoms with Crippen LogP contribution in [-0.2, 0) is 6.54 Å². The average molecular weight is 208 g/mol. The summed E-state index contributed by atoms with van der Waals surface area (Å²) in [6.45, 7) is 5.71. The second kappa shape index (κ2) is 5.41. The lowest BCUT2D eigenvalue weighted by Crippen LogP contribution is -2.29. The van der Waals surface area contributed by atoms with Crippen molar-refractivity contribution in [2.24, 2.45) is 5.41 Å². The van der Waals surface area contributed by atoms with Crippen LogP contribution < -0.4 is 5.32 Å². The monoisotopic (exact) mass is 208 g/mol. The van der Waals surface area contributed by atoms with E-state index in [4.69, 9.17) is 5.26 Å². The minimum atomic E-state index is 0.124. The third kappa shape index (κ3) is 4.51. The van der Waals surface area contributed by atoms with Crippen molar-refractivity contribution in [1.82, 2.24) is 25.9 Å². The summed E-state index contributed by atoms with van der Waals surface area (Å²) in [4.78, 5) is 0. The first-order chi connectivity index (χ1) is 7.14. The van der Waals surface area contributed by atoms with Crippen LogP contribution in [0.25, 0.3) is 0 Å². The van der Waals surface area contributed by atoms with Crippen LogP contribution >= 0.6 is 0 Å². The number of hydrogen-bond donors (Lipinski definition) is 2. The zero-order valence-electron chi connectivity index (χ0n) is 9.12. The Balaban J connectivity index is 2.21. The highest BCUT2D eigenvalue weighted by Gasteiger charge is 2.16. The predicted molar refractivity (Wildman–Crippen MR) is 54.5 cm³/mol. The summed E-state index contributed by atoms with van der Waals surface area (Å²) in [6.07, 6.45) is 1.49. The number of nitrogens with one attached hydrogen (secondary N) is 2. The van der Waals surface area contributed by atoms with Crippen LogP contribution in [0.4, 0.5) is 0 Å². The molecule has 0 radical (unpaired) electrons. The van der Waals surface area contributed by atoms with Crippen LogP contribution in [0, 0.1) is 16.7 Å². The fourth-order valence-electron chi connectivity index (χ4n) is 1.25. The summed E-state index contributed by atoms with van der Waals surface area (Å²) in [7, 11) is 0. The molecule has 0 atom stereocenters. The van der Waals surface area contributed by atoms with Gasteiger partial charge in [-0.3, -0.25) is 0 Å². The van der Waals surface area contributed by atoms with Gasteiger partial charge in [0.15, 0.2) is 5.82 Å². The maximum absolute atomic E-state index is 8.50. The molecule has 15 heavy (non-hydrogen) atoms. The van der Waals surface area contributed by atoms with Gasteiger partial charge >= 0.3 is 0 Å². The summed E-state index contributed by atoms with van der Waals surface area (Å²) in [5.74, 6) is 0.658. The Kier molecular flexibility index (Phi) is 4.18. The van der Waals surface area contributed by atoms with Gasteiger partial charge in [0.2, 0.25) is 0 Å². The van der Waals surface area contributed by atoms with E-state index in [0.29, 0.717) is 18.8 Å². The van der Waals surface area contributed by atoms with Gasteiger partial charge < -0.3 is 5.32 Å². The summed E-state index contributed by atoms with van der Waals surface area (Å²) in [5, 5.41) is 25.3. The summed E-state index contributed by atoms with van der Waals surface area (Å²) >= 11 is 0. The largest absolute Gasteiger partial charge is 0.309 e. The molecule has 1 rings (SSSR count). The van der Waals surface area contributed by atoms with E-state index in [2.05, 4.69) is 45.9 Å². The standard InChI is InChI=1S/C9H16N6/c1-9(2,4-3-5-10)7-11-6-8-12-14-15-13-8/h11H,3-4,6-7H2,1-2H3,(H,12,13,14,15). The number of nitriles is 1. The second-order valence-corrected chi connectivity index (χ2v) is 4.25. The van der Waals surface area contributed by atoms with E-state index in [-0.39, 0.29) is 5.41 Å². The molecule has 0 fully saturated rings. The first-order valence-electron chi connectivity index (χ1n) is 4.94. The maximum Gasteiger partial charge on any atom is 0.188 e. The van der Waals surface area contributed by atoms with E-state index >= 15 is 0 Å². The Bertz CT molecular complexity index is 310. The molecule has 6 nitrogen and oxygen atoms in total. The van der Waals surface area contributed by atoms with E-state index in [9.17, 15) is 0 Å². The van der Waals surface area contributed by atoms with Crippen molar-refractivity contribution in [3.63, 3.8) is 0 Å². The van der Waals surface area contributed by atoms with E-state index in [1.54, 1.807) is 0 Å². The Labute approximate surface area is 89.1 Å². The third-order valence-electron chi connectivity index (χ3n) is 2.19. The molecule has 6 heteroatoms. The molecule has 1 aromatic heterocycles. The normalized spacial score (nSPS) is 11.3. The van der Waals surface area contributed by atoms with E-state index in [1.807, 2.05) is 0 Å². The number of aromatic amines is 1. The molecule has 0 bridgehead atoms. The predicted octanol–water partition coefficient (Wildman–Crippen LogP) is 0.619. The molecule has 0 aliphatic carbocycles. The number of tetrazole rings is 1. The fraction of sp³-hybridized carbons (Fsp3) is 0.778. The minimum Gasteiger partial charge on any atom is -0.309 e. The van der Waals surface area contributed by atoms with E-state index in [0.717, 1.165) is 13.0 Å². The minimum absolute atomic E-state index is 0.124. The van der Waals surface area contributed by atoms with Crippen molar-refractivity contribution in [3.8, 4) is 6.07 Å². The number of rotatable bonds is 6. The fourth-order valence-corrected chi connectivity index (χ4v) is 1.25. The average Bonchev–Trinajstić information content (AvgIpc) is 2.67. The van der Waals surface area contributed by atoms with E-state index in [1.165, 1.54) is 0 Å². The van der Waals surface area contributed by atoms with Gasteiger partial charge in [0.05, 0.1) is 12.6 Å². The van der Waals surface area contributed by atoms with E-state index < -0.39 is 0 Å². The van der Waals surface area contributed by atoms with Gasteiger partial charge in [0.1, 0.15) is 0 Å². The van der Waals surface area contributed by atoms with Crippen molar-refractivity contribution in [2.75, 3.05) is 6.54 Å². The molecule has 0 aliphatic heterocycles. The highest BCUT2D eigenvalue weighted by molar-refractivity contribution is 4.80. The second-order valence-electron chi connectivity index (χ2n) is 4.25. The zero-order chi connectivity index (χ0) is 11.1. The van der Waals surface area contributed by atoms with Crippen molar-refractivity contribution in [2.45, 2.75) is 33.2 Å². The molecule has 0 saturated carbocycles. The molecule has 82 valence electrons. The zero-order valence-corrected chi connectivity index (χ0v) is 9.12. The number of aromatic nitrogens is 4. The lowest BCUT2D eigenvalue weighted by atomic mass is 9.88. The molecule has 1 aromatic rings. The van der Waals surface area contributed by atoms with Gasteiger partial charge in [-0.1, -0.05) is 19.1 Å². The molecule has 0 spiro atoms. The van der Waals surface area contributed by atoms with Crippen LogP contribution in [-0.4, -0.2) is 27.2 Å². The SMILES string of the molecule is CC(C)(CCC#N)CNCc1nn[nH]n1. The van der Waals surface area contributed by atoms with Crippen LogP contribution in [0.2, 0.25) is 0 Å². The smallest absolute Gasteiger partial charge is 0.188 e. The molecule has 0 unspecified atom stereocenters. The summed E-state index contributed by atoms with van der Waals surface area (Å²) in [6, 6.07) is 2.16. The maximum atomic E-state index is 8.50. The third-order valence-corrected chi connectivity index (χ3v) is 2.19. The van der Waals surface area contributed by atoms with Crippen LogP contribution in [0.15, 0.2) is 0 Å². The highest BCUT2D eigenvalue weighted by Crippen LogP contribution is 2.20. The molecule has 2 N–H and O–H groups in total. The van der Waals surface area contributed by atoms with Crippen molar-refractivity contribution in [3.05, 3.63) is 5.82 Å². The first kappa shape index (κ1) is 11.6. The molecule has 1 heterocycles. The topological polar surface area (TPSA) is 90.3 Å². The Morgan fingerprint density at radius 1 is 1.53 bits per heavy atom. The van der Waals surface area contributed by atoms with Gasteiger partial charge in [0, 0.05) is 13.0 Å². The Morgan fingerprint density at radius 2 is 2.33 bits per heavy atom. The molecule has 0 saturated heterocycles. The van der Waals surface area contributed by atoms with Gasteiger partial charge in [-0.15, -0.1) is 10.2 Å². The quantitative estimate of drug-likeness (QED) is 0.715. The van der Waals surface area contributed by atoms with Crippen molar-refractivity contribution in [1.29, 1.82) is 5.26 Å². The van der Waals surface area contributed by atoms with Crippen LogP contribution in [0.3, 0.4) is 0 Å². The molecule has 0 aliphatic rings. The first-order valence-corrected chi connectivity index (χ1v) is 4.94. The number of hydrogen-bond acceptors (Lipinski definition) is 5. The Morgan fingerprint density at radius 3 is 2.93 bits per heavy atom. The van der Waals surface area contributed by atoms with Crippen LogP contribution in [0.5, 0.6) is 0 Å². The number of nitrogens with zero attached hydrogens (tertiary/aromatic N) is 4. The van der Waals surface area contributed by atoms with Gasteiger partial charge in [-0.25, -0.2) is 0 Å². The lowest BCUT2D eigenvalue weighted by molar-refractivity contribution is 0.316. The highest BCUT2D eigenvalue weighted by atomic mass is 15.5. The van der Waals surface area contributed by atoms with Gasteiger partial charge in [-0.05, 0) is 11.8 Å². The van der Waals surface area contributed by atoms with Crippen molar-refractivity contribution >= 4 is 0 Å². The van der Waals surface area contributed by atoms with Crippen molar-refractivity contribution < 1.29 is 0 Å². The molecular weight excluding hydrogens is 192 g/mol. The summed E-state index contributed by atoms with van der Waals surface area (Å²) in [5.41, 5.74) is 0.124. The molecule has 0 aromatic carbocycles.